The van der Waals surface area contributed by atoms with Crippen molar-refractivity contribution >= 4 is 11.8 Å². The minimum atomic E-state index is -0.542. The summed E-state index contributed by atoms with van der Waals surface area (Å²) in [5.74, 6) is -0.00856. The minimum absolute atomic E-state index is 0.0876. The van der Waals surface area contributed by atoms with Crippen LogP contribution in [0.15, 0.2) is 0 Å². The van der Waals surface area contributed by atoms with E-state index in [4.69, 9.17) is 5.73 Å². The van der Waals surface area contributed by atoms with Gasteiger partial charge in [-0.1, -0.05) is 20.8 Å². The van der Waals surface area contributed by atoms with Gasteiger partial charge in [-0.2, -0.15) is 0 Å². The molecule has 0 saturated carbocycles. The van der Waals surface area contributed by atoms with Crippen LogP contribution in [0.25, 0.3) is 0 Å². The number of carbonyl (C=O) groups is 2. The van der Waals surface area contributed by atoms with Gasteiger partial charge in [-0.15, -0.1) is 0 Å². The van der Waals surface area contributed by atoms with E-state index in [1.807, 2.05) is 20.8 Å². The second kappa shape index (κ2) is 7.27. The van der Waals surface area contributed by atoms with Gasteiger partial charge in [-0.05, 0) is 18.8 Å². The number of nitrogens with one attached hydrogen (secondary N) is 1. The highest BCUT2D eigenvalue weighted by Crippen LogP contribution is 2.07. The van der Waals surface area contributed by atoms with Crippen LogP contribution in [-0.4, -0.2) is 42.9 Å². The second-order valence-corrected chi connectivity index (χ2v) is 4.94. The summed E-state index contributed by atoms with van der Waals surface area (Å²) in [6.45, 7) is 5.87. The van der Waals surface area contributed by atoms with Gasteiger partial charge in [0.1, 0.15) is 6.04 Å². The molecule has 0 heterocycles. The predicted octanol–water partition coefficient (Wildman–Crippen LogP) is 0.343. The third-order valence-electron chi connectivity index (χ3n) is 2.54. The molecule has 0 spiro atoms. The molecule has 0 aromatic heterocycles. The van der Waals surface area contributed by atoms with Crippen molar-refractivity contribution in [2.75, 3.05) is 14.1 Å². The summed E-state index contributed by atoms with van der Waals surface area (Å²) in [5.41, 5.74) is 5.63. The average molecular weight is 243 g/mol. The molecule has 0 radical (unpaired) electrons. The Morgan fingerprint density at radius 2 is 1.82 bits per heavy atom. The van der Waals surface area contributed by atoms with E-state index in [0.29, 0.717) is 18.8 Å². The molecule has 0 aromatic rings. The number of rotatable bonds is 6. The van der Waals surface area contributed by atoms with Crippen molar-refractivity contribution in [2.45, 2.75) is 45.7 Å². The fourth-order valence-corrected chi connectivity index (χ4v) is 1.47. The highest BCUT2D eigenvalue weighted by atomic mass is 16.2. The van der Waals surface area contributed by atoms with Gasteiger partial charge < -0.3 is 16.0 Å². The predicted molar refractivity (Wildman–Crippen MR) is 68.3 cm³/mol. The first-order chi connectivity index (χ1) is 7.79. The summed E-state index contributed by atoms with van der Waals surface area (Å²) in [5, 5.41) is 2.72. The Balaban J connectivity index is 4.59. The first-order valence-corrected chi connectivity index (χ1v) is 6.06. The molecule has 0 fully saturated rings. The van der Waals surface area contributed by atoms with E-state index in [0.717, 1.165) is 0 Å². The molecule has 0 rings (SSSR count). The molecule has 100 valence electrons. The van der Waals surface area contributed by atoms with E-state index in [1.165, 1.54) is 4.90 Å². The second-order valence-electron chi connectivity index (χ2n) is 4.94. The zero-order valence-electron chi connectivity index (χ0n) is 11.5. The standard InChI is InChI=1S/C12H25N3O2/c1-6-9(13)11(16)14-10(7-8(2)3)12(17)15(4)5/h8-10H,6-7,13H2,1-5H3,(H,14,16). The van der Waals surface area contributed by atoms with Crippen LogP contribution in [0.2, 0.25) is 0 Å². The van der Waals surface area contributed by atoms with E-state index in [9.17, 15) is 9.59 Å². The maximum atomic E-state index is 11.9. The van der Waals surface area contributed by atoms with Gasteiger partial charge >= 0.3 is 0 Å². The summed E-state index contributed by atoms with van der Waals surface area (Å²) in [6, 6.07) is -1.02. The third kappa shape index (κ3) is 5.68. The lowest BCUT2D eigenvalue weighted by Crippen LogP contribution is -2.51. The van der Waals surface area contributed by atoms with Gasteiger partial charge in [-0.3, -0.25) is 9.59 Å². The Morgan fingerprint density at radius 3 is 2.18 bits per heavy atom. The molecule has 0 aromatic carbocycles. The number of likely N-dealkylation sites (N-methyl/N-ethyl adjacent to an activating group) is 1. The lowest BCUT2D eigenvalue weighted by atomic mass is 10.0. The Hall–Kier alpha value is -1.10. The van der Waals surface area contributed by atoms with Crippen molar-refractivity contribution in [2.24, 2.45) is 11.7 Å². The molecular weight excluding hydrogens is 218 g/mol. The summed E-state index contributed by atoms with van der Waals surface area (Å²) in [6.07, 6.45) is 1.19. The first-order valence-electron chi connectivity index (χ1n) is 6.06. The van der Waals surface area contributed by atoms with Crippen LogP contribution in [-0.2, 0) is 9.59 Å². The zero-order valence-corrected chi connectivity index (χ0v) is 11.5. The molecular formula is C12H25N3O2. The maximum Gasteiger partial charge on any atom is 0.244 e. The number of nitrogens with zero attached hydrogens (tertiary/aromatic N) is 1. The number of hydrogen-bond acceptors (Lipinski definition) is 3. The summed E-state index contributed by atoms with van der Waals surface area (Å²) < 4.78 is 0. The van der Waals surface area contributed by atoms with E-state index < -0.39 is 12.1 Å². The van der Waals surface area contributed by atoms with Crippen molar-refractivity contribution in [3.05, 3.63) is 0 Å². The molecule has 5 heteroatoms. The lowest BCUT2D eigenvalue weighted by molar-refractivity contribution is -0.135. The van der Waals surface area contributed by atoms with Crippen LogP contribution >= 0.6 is 0 Å². The Labute approximate surface area is 104 Å². The molecule has 2 amide bonds. The number of carbonyl (C=O) groups excluding carboxylic acids is 2. The highest BCUT2D eigenvalue weighted by molar-refractivity contribution is 5.89. The Bertz CT molecular complexity index is 264. The van der Waals surface area contributed by atoms with Crippen molar-refractivity contribution in [1.82, 2.24) is 10.2 Å². The van der Waals surface area contributed by atoms with Gasteiger partial charge in [-0.25, -0.2) is 0 Å². The molecule has 3 N–H and O–H groups in total. The van der Waals surface area contributed by atoms with Crippen LogP contribution in [0.5, 0.6) is 0 Å². The van der Waals surface area contributed by atoms with Crippen molar-refractivity contribution < 1.29 is 9.59 Å². The van der Waals surface area contributed by atoms with Crippen LogP contribution in [0.1, 0.15) is 33.6 Å². The number of amides is 2. The molecule has 17 heavy (non-hydrogen) atoms. The molecule has 0 aliphatic rings. The Kier molecular flexibility index (Phi) is 6.80. The van der Waals surface area contributed by atoms with E-state index in [-0.39, 0.29) is 11.8 Å². The normalized spacial score (nSPS) is 14.3. The highest BCUT2D eigenvalue weighted by Gasteiger charge is 2.24. The third-order valence-corrected chi connectivity index (χ3v) is 2.54. The maximum absolute atomic E-state index is 11.9. The van der Waals surface area contributed by atoms with Crippen LogP contribution in [0, 0.1) is 5.92 Å². The fourth-order valence-electron chi connectivity index (χ4n) is 1.47. The summed E-state index contributed by atoms with van der Waals surface area (Å²) in [4.78, 5) is 25.1. The van der Waals surface area contributed by atoms with Crippen molar-refractivity contribution in [3.63, 3.8) is 0 Å². The molecule has 2 atom stereocenters. The largest absolute Gasteiger partial charge is 0.347 e. The fraction of sp³-hybridized carbons (Fsp3) is 0.833. The van der Waals surface area contributed by atoms with Gasteiger partial charge in [0.25, 0.3) is 0 Å². The van der Waals surface area contributed by atoms with Crippen LogP contribution < -0.4 is 11.1 Å². The van der Waals surface area contributed by atoms with E-state index in [1.54, 1.807) is 14.1 Å². The first kappa shape index (κ1) is 15.9. The topological polar surface area (TPSA) is 75.4 Å². The van der Waals surface area contributed by atoms with E-state index >= 15 is 0 Å². The smallest absolute Gasteiger partial charge is 0.244 e. The zero-order chi connectivity index (χ0) is 13.6. The van der Waals surface area contributed by atoms with Crippen LogP contribution in [0.3, 0.4) is 0 Å². The molecule has 5 nitrogen and oxygen atoms in total. The number of nitrogens with two attached hydrogens (primary N) is 1. The van der Waals surface area contributed by atoms with Crippen LogP contribution in [0.4, 0.5) is 0 Å². The summed E-state index contributed by atoms with van der Waals surface area (Å²) >= 11 is 0. The van der Waals surface area contributed by atoms with Crippen molar-refractivity contribution in [3.8, 4) is 0 Å². The van der Waals surface area contributed by atoms with Gasteiger partial charge in [0.15, 0.2) is 0 Å². The van der Waals surface area contributed by atoms with Gasteiger partial charge in [0, 0.05) is 14.1 Å². The SMILES string of the molecule is CCC(N)C(=O)NC(CC(C)C)C(=O)N(C)C. The van der Waals surface area contributed by atoms with Gasteiger partial charge in [0.05, 0.1) is 6.04 Å². The molecule has 0 saturated heterocycles. The lowest BCUT2D eigenvalue weighted by Gasteiger charge is -2.24. The van der Waals surface area contributed by atoms with Crippen molar-refractivity contribution in [1.29, 1.82) is 0 Å². The van der Waals surface area contributed by atoms with E-state index in [2.05, 4.69) is 5.32 Å². The molecule has 2 unspecified atom stereocenters. The molecule has 0 aliphatic carbocycles. The quantitative estimate of drug-likeness (QED) is 0.706. The molecule has 0 aliphatic heterocycles. The van der Waals surface area contributed by atoms with Gasteiger partial charge in [0.2, 0.25) is 11.8 Å². The summed E-state index contributed by atoms with van der Waals surface area (Å²) in [7, 11) is 3.36. The monoisotopic (exact) mass is 243 g/mol. The minimum Gasteiger partial charge on any atom is -0.347 e. The molecule has 0 bridgehead atoms. The average Bonchev–Trinajstić information content (AvgIpc) is 2.24. The number of hydrogen-bond donors (Lipinski definition) is 2. The Morgan fingerprint density at radius 1 is 1.29 bits per heavy atom.